The van der Waals surface area contributed by atoms with Crippen molar-refractivity contribution >= 4 is 17.3 Å². The molecular formula is C15H18N4O2. The lowest BCUT2D eigenvalue weighted by atomic mass is 10.2. The third-order valence-corrected chi connectivity index (χ3v) is 3.19. The molecule has 0 aliphatic heterocycles. The van der Waals surface area contributed by atoms with Crippen molar-refractivity contribution in [1.82, 2.24) is 4.98 Å². The molecule has 6 heteroatoms. The predicted octanol–water partition coefficient (Wildman–Crippen LogP) is 3.06. The first kappa shape index (κ1) is 14.8. The van der Waals surface area contributed by atoms with Gasteiger partial charge >= 0.3 is 0 Å². The number of benzene rings is 1. The molecule has 1 aromatic heterocycles. The van der Waals surface area contributed by atoms with Gasteiger partial charge in [-0.2, -0.15) is 0 Å². The summed E-state index contributed by atoms with van der Waals surface area (Å²) in [6.07, 6.45) is 0. The Labute approximate surface area is 123 Å². The van der Waals surface area contributed by atoms with Crippen molar-refractivity contribution in [1.29, 1.82) is 0 Å². The number of nitro groups is 1. The second kappa shape index (κ2) is 6.69. The molecule has 0 saturated heterocycles. The fraction of sp³-hybridized carbons (Fsp3) is 0.267. The van der Waals surface area contributed by atoms with Gasteiger partial charge in [0, 0.05) is 20.1 Å². The standard InChI is InChI=1S/C15H18N4O2/c1-3-18(11-12-7-5-4-6-8-12)15-10-13(19(20)21)9-14(16-2)17-15/h4-10H,3,11H2,1-2H3,(H,16,17). The van der Waals surface area contributed by atoms with E-state index in [1.165, 1.54) is 12.1 Å². The van der Waals surface area contributed by atoms with E-state index in [0.717, 1.165) is 5.56 Å². The number of hydrogen-bond donors (Lipinski definition) is 1. The molecule has 21 heavy (non-hydrogen) atoms. The molecule has 0 aliphatic carbocycles. The quantitative estimate of drug-likeness (QED) is 0.652. The van der Waals surface area contributed by atoms with Crippen molar-refractivity contribution in [3.05, 3.63) is 58.1 Å². The zero-order valence-corrected chi connectivity index (χ0v) is 12.1. The zero-order chi connectivity index (χ0) is 15.2. The summed E-state index contributed by atoms with van der Waals surface area (Å²) in [7, 11) is 1.70. The van der Waals surface area contributed by atoms with E-state index in [-0.39, 0.29) is 5.69 Å². The summed E-state index contributed by atoms with van der Waals surface area (Å²) in [4.78, 5) is 17.0. The lowest BCUT2D eigenvalue weighted by Crippen LogP contribution is -2.23. The summed E-state index contributed by atoms with van der Waals surface area (Å²) in [6.45, 7) is 3.38. The Morgan fingerprint density at radius 2 is 2.00 bits per heavy atom. The average molecular weight is 286 g/mol. The van der Waals surface area contributed by atoms with Crippen LogP contribution in [0.4, 0.5) is 17.3 Å². The van der Waals surface area contributed by atoms with E-state index in [1.54, 1.807) is 7.05 Å². The van der Waals surface area contributed by atoms with Gasteiger partial charge < -0.3 is 10.2 Å². The van der Waals surface area contributed by atoms with Crippen molar-refractivity contribution in [2.75, 3.05) is 23.8 Å². The molecular weight excluding hydrogens is 268 g/mol. The van der Waals surface area contributed by atoms with Crippen LogP contribution in [0.15, 0.2) is 42.5 Å². The van der Waals surface area contributed by atoms with E-state index in [2.05, 4.69) is 10.3 Å². The number of nitrogens with zero attached hydrogens (tertiary/aromatic N) is 3. The van der Waals surface area contributed by atoms with Crippen LogP contribution in [0.25, 0.3) is 0 Å². The first-order valence-electron chi connectivity index (χ1n) is 6.77. The molecule has 2 aromatic rings. The number of nitrogens with one attached hydrogen (secondary N) is 1. The Morgan fingerprint density at radius 1 is 1.29 bits per heavy atom. The lowest BCUT2D eigenvalue weighted by Gasteiger charge is -2.22. The molecule has 0 saturated carbocycles. The molecule has 0 amide bonds. The average Bonchev–Trinajstić information content (AvgIpc) is 2.53. The first-order chi connectivity index (χ1) is 10.1. The summed E-state index contributed by atoms with van der Waals surface area (Å²) < 4.78 is 0. The Bertz CT molecular complexity index is 616. The van der Waals surface area contributed by atoms with E-state index in [1.807, 2.05) is 42.2 Å². The fourth-order valence-corrected chi connectivity index (χ4v) is 2.06. The van der Waals surface area contributed by atoms with Crippen LogP contribution in [0.2, 0.25) is 0 Å². The van der Waals surface area contributed by atoms with Gasteiger partial charge in [0.2, 0.25) is 0 Å². The monoisotopic (exact) mass is 286 g/mol. The predicted molar refractivity (Wildman–Crippen MR) is 83.6 cm³/mol. The summed E-state index contributed by atoms with van der Waals surface area (Å²) in [6, 6.07) is 12.9. The van der Waals surface area contributed by atoms with Gasteiger partial charge in [0.25, 0.3) is 5.69 Å². The molecule has 0 spiro atoms. The number of aromatic nitrogens is 1. The van der Waals surface area contributed by atoms with Gasteiger partial charge in [0.1, 0.15) is 11.6 Å². The van der Waals surface area contributed by atoms with Crippen LogP contribution >= 0.6 is 0 Å². The van der Waals surface area contributed by atoms with Gasteiger partial charge in [-0.15, -0.1) is 0 Å². The third kappa shape index (κ3) is 3.68. The van der Waals surface area contributed by atoms with Crippen LogP contribution in [0.1, 0.15) is 12.5 Å². The van der Waals surface area contributed by atoms with Gasteiger partial charge in [-0.3, -0.25) is 10.1 Å². The summed E-state index contributed by atoms with van der Waals surface area (Å²) in [5, 5.41) is 13.9. The van der Waals surface area contributed by atoms with E-state index in [4.69, 9.17) is 0 Å². The molecule has 0 aliphatic rings. The molecule has 0 unspecified atom stereocenters. The molecule has 0 atom stereocenters. The van der Waals surface area contributed by atoms with Crippen LogP contribution in [0, 0.1) is 10.1 Å². The maximum absolute atomic E-state index is 11.0. The molecule has 6 nitrogen and oxygen atoms in total. The third-order valence-electron chi connectivity index (χ3n) is 3.19. The summed E-state index contributed by atoms with van der Waals surface area (Å²) >= 11 is 0. The van der Waals surface area contributed by atoms with E-state index < -0.39 is 4.92 Å². The minimum absolute atomic E-state index is 0.0378. The smallest absolute Gasteiger partial charge is 0.276 e. The van der Waals surface area contributed by atoms with E-state index >= 15 is 0 Å². The second-order valence-electron chi connectivity index (χ2n) is 4.58. The van der Waals surface area contributed by atoms with Crippen molar-refractivity contribution < 1.29 is 4.92 Å². The molecule has 0 radical (unpaired) electrons. The van der Waals surface area contributed by atoms with Gasteiger partial charge in [-0.05, 0) is 12.5 Å². The van der Waals surface area contributed by atoms with Crippen molar-refractivity contribution in [2.45, 2.75) is 13.5 Å². The molecule has 0 fully saturated rings. The number of rotatable bonds is 6. The minimum Gasteiger partial charge on any atom is -0.373 e. The Balaban J connectivity index is 2.32. The van der Waals surface area contributed by atoms with Gasteiger partial charge in [-0.25, -0.2) is 4.98 Å². The number of anilines is 2. The highest BCUT2D eigenvalue weighted by molar-refractivity contribution is 5.55. The lowest BCUT2D eigenvalue weighted by molar-refractivity contribution is -0.384. The zero-order valence-electron chi connectivity index (χ0n) is 12.1. The first-order valence-corrected chi connectivity index (χ1v) is 6.77. The fourth-order valence-electron chi connectivity index (χ4n) is 2.06. The van der Waals surface area contributed by atoms with Crippen LogP contribution < -0.4 is 10.2 Å². The molecule has 110 valence electrons. The van der Waals surface area contributed by atoms with Gasteiger partial charge in [0.05, 0.1) is 17.1 Å². The van der Waals surface area contributed by atoms with Crippen LogP contribution in [0.3, 0.4) is 0 Å². The SMILES string of the molecule is CCN(Cc1ccccc1)c1cc([N+](=O)[O-])cc(NC)n1. The molecule has 1 aromatic carbocycles. The van der Waals surface area contributed by atoms with Gasteiger partial charge in [0.15, 0.2) is 0 Å². The number of hydrogen-bond acceptors (Lipinski definition) is 5. The van der Waals surface area contributed by atoms with Crippen LogP contribution in [-0.4, -0.2) is 23.5 Å². The highest BCUT2D eigenvalue weighted by atomic mass is 16.6. The second-order valence-corrected chi connectivity index (χ2v) is 4.58. The van der Waals surface area contributed by atoms with Crippen molar-refractivity contribution in [3.63, 3.8) is 0 Å². The Hall–Kier alpha value is -2.63. The largest absolute Gasteiger partial charge is 0.373 e. The van der Waals surface area contributed by atoms with Gasteiger partial charge in [-0.1, -0.05) is 30.3 Å². The topological polar surface area (TPSA) is 71.3 Å². The maximum Gasteiger partial charge on any atom is 0.276 e. The molecule has 1 heterocycles. The summed E-state index contributed by atoms with van der Waals surface area (Å²) in [5.41, 5.74) is 1.18. The van der Waals surface area contributed by atoms with Crippen molar-refractivity contribution in [3.8, 4) is 0 Å². The number of pyridine rings is 1. The van der Waals surface area contributed by atoms with Crippen LogP contribution in [-0.2, 0) is 6.54 Å². The van der Waals surface area contributed by atoms with Crippen LogP contribution in [0.5, 0.6) is 0 Å². The molecule has 2 rings (SSSR count). The summed E-state index contributed by atoms with van der Waals surface area (Å²) in [5.74, 6) is 1.09. The molecule has 0 bridgehead atoms. The maximum atomic E-state index is 11.0. The highest BCUT2D eigenvalue weighted by Gasteiger charge is 2.15. The van der Waals surface area contributed by atoms with E-state index in [0.29, 0.717) is 24.7 Å². The molecule has 1 N–H and O–H groups in total. The highest BCUT2D eigenvalue weighted by Crippen LogP contribution is 2.24. The Morgan fingerprint density at radius 3 is 2.57 bits per heavy atom. The normalized spacial score (nSPS) is 10.2. The minimum atomic E-state index is -0.400. The van der Waals surface area contributed by atoms with E-state index in [9.17, 15) is 10.1 Å². The Kier molecular flexibility index (Phi) is 4.71. The van der Waals surface area contributed by atoms with Crippen molar-refractivity contribution in [2.24, 2.45) is 0 Å².